The number of hydrogen-bond donors (Lipinski definition) is 0. The van der Waals surface area contributed by atoms with Gasteiger partial charge < -0.3 is 18.9 Å². The van der Waals surface area contributed by atoms with Crippen molar-refractivity contribution >= 4 is 45.0 Å². The third kappa shape index (κ3) is 6.60. The number of carbonyl (C=O) groups excluding carboxylic acids is 1. The van der Waals surface area contributed by atoms with Crippen LogP contribution in [0, 0.1) is 10.1 Å². The van der Waals surface area contributed by atoms with Crippen LogP contribution in [0.2, 0.25) is 0 Å². The number of allylic oxidation sites excluding steroid dienone is 1. The van der Waals surface area contributed by atoms with E-state index in [2.05, 4.69) is 20.9 Å². The predicted molar refractivity (Wildman–Crippen MR) is 176 cm³/mol. The SMILES string of the molecule is CCOC(=O)C1=C(C)N=c2s/c(=C/c3ccccc3OCc3ccc([N+](=O)[O-])cc3)c(=O)n2[C@H]1c1cc(OC)c(OCC)cc1Br. The van der Waals surface area contributed by atoms with Gasteiger partial charge in [-0.1, -0.05) is 45.5 Å². The molecule has 1 atom stereocenters. The maximum Gasteiger partial charge on any atom is 0.338 e. The van der Waals surface area contributed by atoms with E-state index in [0.29, 0.717) is 54.5 Å². The van der Waals surface area contributed by atoms with E-state index >= 15 is 0 Å². The largest absolute Gasteiger partial charge is 0.493 e. The minimum absolute atomic E-state index is 0.00473. The second kappa shape index (κ2) is 14.1. The molecule has 4 aromatic rings. The van der Waals surface area contributed by atoms with Crippen molar-refractivity contribution in [2.24, 2.45) is 4.99 Å². The van der Waals surface area contributed by atoms with Gasteiger partial charge in [0, 0.05) is 22.2 Å². The van der Waals surface area contributed by atoms with Crippen molar-refractivity contribution < 1.29 is 28.7 Å². The first-order valence-electron chi connectivity index (χ1n) is 14.3. The van der Waals surface area contributed by atoms with Crippen LogP contribution in [0.1, 0.15) is 43.5 Å². The van der Waals surface area contributed by atoms with Gasteiger partial charge in [-0.2, -0.15) is 0 Å². The van der Waals surface area contributed by atoms with Crippen LogP contribution in [0.3, 0.4) is 0 Å². The Morgan fingerprint density at radius 3 is 2.48 bits per heavy atom. The zero-order valence-corrected chi connectivity index (χ0v) is 27.8. The van der Waals surface area contributed by atoms with Crippen LogP contribution in [0.15, 0.2) is 86.2 Å². The first-order chi connectivity index (χ1) is 22.2. The lowest BCUT2D eigenvalue weighted by Crippen LogP contribution is -2.40. The van der Waals surface area contributed by atoms with Crippen molar-refractivity contribution in [3.8, 4) is 17.2 Å². The van der Waals surface area contributed by atoms with E-state index in [0.717, 1.165) is 5.56 Å². The smallest absolute Gasteiger partial charge is 0.338 e. The maximum absolute atomic E-state index is 14.2. The van der Waals surface area contributed by atoms with E-state index in [1.165, 1.54) is 35.1 Å². The van der Waals surface area contributed by atoms with Gasteiger partial charge in [0.1, 0.15) is 12.4 Å². The lowest BCUT2D eigenvalue weighted by molar-refractivity contribution is -0.384. The summed E-state index contributed by atoms with van der Waals surface area (Å²) in [7, 11) is 1.52. The van der Waals surface area contributed by atoms with Crippen LogP contribution in [-0.2, 0) is 16.1 Å². The van der Waals surface area contributed by atoms with Gasteiger partial charge in [-0.15, -0.1) is 0 Å². The van der Waals surface area contributed by atoms with Gasteiger partial charge in [0.2, 0.25) is 0 Å². The number of para-hydroxylation sites is 1. The molecular formula is C33H30BrN3O8S. The van der Waals surface area contributed by atoms with Gasteiger partial charge in [0.15, 0.2) is 16.3 Å². The second-order valence-electron chi connectivity index (χ2n) is 10.0. The fourth-order valence-corrected chi connectivity index (χ4v) is 6.60. The summed E-state index contributed by atoms with van der Waals surface area (Å²) < 4.78 is 25.3. The van der Waals surface area contributed by atoms with E-state index in [4.69, 9.17) is 18.9 Å². The highest BCUT2D eigenvalue weighted by Gasteiger charge is 2.35. The minimum atomic E-state index is -0.870. The Labute approximate surface area is 276 Å². The molecule has 5 rings (SSSR count). The molecule has 0 saturated heterocycles. The zero-order valence-electron chi connectivity index (χ0n) is 25.4. The molecule has 0 radical (unpaired) electrons. The van der Waals surface area contributed by atoms with Crippen molar-refractivity contribution in [2.45, 2.75) is 33.4 Å². The summed E-state index contributed by atoms with van der Waals surface area (Å²) in [6, 6.07) is 16.0. The Morgan fingerprint density at radius 1 is 1.07 bits per heavy atom. The Balaban J connectivity index is 1.61. The summed E-state index contributed by atoms with van der Waals surface area (Å²) in [5.41, 5.74) is 2.30. The highest BCUT2D eigenvalue weighted by molar-refractivity contribution is 9.10. The van der Waals surface area contributed by atoms with Crippen molar-refractivity contribution in [3.05, 3.63) is 123 Å². The Morgan fingerprint density at radius 2 is 1.80 bits per heavy atom. The lowest BCUT2D eigenvalue weighted by atomic mass is 9.95. The van der Waals surface area contributed by atoms with Crippen LogP contribution >= 0.6 is 27.3 Å². The Bertz CT molecular complexity index is 2020. The zero-order chi connectivity index (χ0) is 33.0. The molecular weight excluding hydrogens is 678 g/mol. The van der Waals surface area contributed by atoms with Gasteiger partial charge in [-0.25, -0.2) is 9.79 Å². The third-order valence-corrected chi connectivity index (χ3v) is 8.81. The first-order valence-corrected chi connectivity index (χ1v) is 15.9. The number of nitrogens with zero attached hydrogens (tertiary/aromatic N) is 3. The quantitative estimate of drug-likeness (QED) is 0.114. The number of carbonyl (C=O) groups is 1. The summed E-state index contributed by atoms with van der Waals surface area (Å²) in [5, 5.41) is 11.0. The fourth-order valence-electron chi connectivity index (χ4n) is 5.02. The molecule has 0 bridgehead atoms. The molecule has 2 heterocycles. The van der Waals surface area contributed by atoms with Crippen LogP contribution in [0.25, 0.3) is 6.08 Å². The molecule has 0 aliphatic carbocycles. The average Bonchev–Trinajstić information content (AvgIpc) is 3.34. The molecule has 0 amide bonds. The summed E-state index contributed by atoms with van der Waals surface area (Å²) in [6.45, 7) is 6.04. The summed E-state index contributed by atoms with van der Waals surface area (Å²) >= 11 is 4.83. The first kappa shape index (κ1) is 32.6. The molecule has 0 saturated carbocycles. The van der Waals surface area contributed by atoms with E-state index in [9.17, 15) is 19.7 Å². The molecule has 13 heteroatoms. The number of benzene rings is 3. The summed E-state index contributed by atoms with van der Waals surface area (Å²) in [5.74, 6) is 0.897. The van der Waals surface area contributed by atoms with Gasteiger partial charge >= 0.3 is 5.97 Å². The molecule has 3 aromatic carbocycles. The van der Waals surface area contributed by atoms with E-state index in [1.807, 2.05) is 25.1 Å². The van der Waals surface area contributed by atoms with E-state index in [1.54, 1.807) is 50.3 Å². The number of fused-ring (bicyclic) bond motifs is 1. The number of hydrogen-bond acceptors (Lipinski definition) is 10. The van der Waals surface area contributed by atoms with E-state index < -0.39 is 16.9 Å². The monoisotopic (exact) mass is 707 g/mol. The molecule has 0 spiro atoms. The van der Waals surface area contributed by atoms with Crippen LogP contribution in [0.5, 0.6) is 17.2 Å². The number of ether oxygens (including phenoxy) is 4. The predicted octanol–water partition coefficient (Wildman–Crippen LogP) is 5.46. The van der Waals surface area contributed by atoms with Gasteiger partial charge in [0.25, 0.3) is 11.2 Å². The lowest BCUT2D eigenvalue weighted by Gasteiger charge is -2.26. The van der Waals surface area contributed by atoms with Crippen molar-refractivity contribution in [2.75, 3.05) is 20.3 Å². The van der Waals surface area contributed by atoms with Crippen molar-refractivity contribution in [3.63, 3.8) is 0 Å². The van der Waals surface area contributed by atoms with Crippen LogP contribution < -0.4 is 29.1 Å². The maximum atomic E-state index is 14.2. The molecule has 11 nitrogen and oxygen atoms in total. The normalized spacial score (nSPS) is 14.4. The number of nitro benzene ring substituents is 1. The molecule has 1 aliphatic rings. The number of halogens is 1. The van der Waals surface area contributed by atoms with Crippen molar-refractivity contribution in [1.82, 2.24) is 4.57 Å². The fraction of sp³-hybridized carbons (Fsp3) is 0.242. The highest BCUT2D eigenvalue weighted by Crippen LogP contribution is 2.41. The number of nitro groups is 1. The topological polar surface area (TPSA) is 131 Å². The Hall–Kier alpha value is -4.75. The molecule has 46 heavy (non-hydrogen) atoms. The van der Waals surface area contributed by atoms with Gasteiger partial charge in [-0.05, 0) is 68.3 Å². The van der Waals surface area contributed by atoms with Gasteiger partial charge in [-0.3, -0.25) is 19.5 Å². The minimum Gasteiger partial charge on any atom is -0.493 e. The number of rotatable bonds is 11. The molecule has 0 N–H and O–H groups in total. The van der Waals surface area contributed by atoms with Crippen molar-refractivity contribution in [1.29, 1.82) is 0 Å². The molecule has 238 valence electrons. The summed E-state index contributed by atoms with van der Waals surface area (Å²) in [6.07, 6.45) is 1.73. The van der Waals surface area contributed by atoms with Gasteiger partial charge in [0.05, 0.1) is 47.1 Å². The molecule has 1 aliphatic heterocycles. The molecule has 0 fully saturated rings. The Kier molecular flexibility index (Phi) is 10.0. The number of thiazole rings is 1. The van der Waals surface area contributed by atoms with Crippen LogP contribution in [0.4, 0.5) is 5.69 Å². The number of methoxy groups -OCH3 is 1. The van der Waals surface area contributed by atoms with Crippen LogP contribution in [-0.4, -0.2) is 35.8 Å². The third-order valence-electron chi connectivity index (χ3n) is 7.14. The number of esters is 1. The van der Waals surface area contributed by atoms with E-state index in [-0.39, 0.29) is 30.0 Å². The second-order valence-corrected chi connectivity index (χ2v) is 11.9. The summed E-state index contributed by atoms with van der Waals surface area (Å²) in [4.78, 5) is 43.1. The number of aromatic nitrogens is 1. The molecule has 0 unspecified atom stereocenters. The number of non-ortho nitro benzene ring substituents is 1. The molecule has 1 aromatic heterocycles. The standard InChI is InChI=1S/C33H30BrN3O8S/c1-5-43-27-17-24(34)23(16-26(27)42-4)30-29(32(39)44-6-2)19(3)35-33-36(30)31(38)28(46-33)15-21-9-7-8-10-25(21)45-18-20-11-13-22(14-12-20)37(40)41/h7-17,30H,5-6,18H2,1-4H3/b28-15+/t30-/m0/s1. The average molecular weight is 709 g/mol. The highest BCUT2D eigenvalue weighted by atomic mass is 79.9.